The molecule has 2 N–H and O–H groups in total. The first-order valence-electron chi connectivity index (χ1n) is 12.3. The summed E-state index contributed by atoms with van der Waals surface area (Å²) in [4.78, 5) is 26.5. The molecule has 8 heteroatoms. The van der Waals surface area contributed by atoms with E-state index in [2.05, 4.69) is 56.7 Å². The number of ether oxygens (including phenoxy) is 1. The van der Waals surface area contributed by atoms with Gasteiger partial charge in [-0.05, 0) is 69.5 Å². The van der Waals surface area contributed by atoms with Crippen molar-refractivity contribution in [1.82, 2.24) is 20.2 Å². The smallest absolute Gasteiger partial charge is 0.407 e. The lowest BCUT2D eigenvalue weighted by Gasteiger charge is -2.31. The van der Waals surface area contributed by atoms with Crippen molar-refractivity contribution < 1.29 is 9.53 Å². The number of rotatable bonds is 5. The predicted octanol–water partition coefficient (Wildman–Crippen LogP) is 1.65. The van der Waals surface area contributed by atoms with Gasteiger partial charge in [0.25, 0.3) is 0 Å². The number of piperidine rings is 1. The first-order valence-corrected chi connectivity index (χ1v) is 12.3. The highest BCUT2D eigenvalue weighted by Crippen LogP contribution is 2.33. The number of carbonyl (C=O) groups is 1. The van der Waals surface area contributed by atoms with E-state index in [1.54, 1.807) is 0 Å². The molecule has 0 bridgehead atoms. The van der Waals surface area contributed by atoms with Crippen LogP contribution in [0.25, 0.3) is 23.4 Å². The van der Waals surface area contributed by atoms with E-state index in [0.717, 1.165) is 59.6 Å². The summed E-state index contributed by atoms with van der Waals surface area (Å²) in [5.41, 5.74) is 3.12. The van der Waals surface area contributed by atoms with Gasteiger partial charge in [-0.2, -0.15) is 0 Å². The number of alkyl carbamates (subject to hydrolysis) is 1. The zero-order chi connectivity index (χ0) is 23.7. The van der Waals surface area contributed by atoms with E-state index < -0.39 is 6.09 Å². The van der Waals surface area contributed by atoms with Crippen LogP contribution in [0.4, 0.5) is 16.3 Å². The third-order valence-corrected chi connectivity index (χ3v) is 7.24. The van der Waals surface area contributed by atoms with Gasteiger partial charge in [-0.1, -0.05) is 6.08 Å². The number of amides is 1. The molecular weight excluding hydrogens is 428 g/mol. The fourth-order valence-corrected chi connectivity index (χ4v) is 5.48. The van der Waals surface area contributed by atoms with Crippen molar-refractivity contribution >= 4 is 29.8 Å². The molecule has 2 aromatic rings. The SMILES string of the molecule is CCOC(=O)NC1C=c2nc(-c3ccc(NC)nc3)cc(N3CC4CCN(C)CC4C3)c2=CC1. The first-order chi connectivity index (χ1) is 16.5. The molecule has 2 aromatic heterocycles. The summed E-state index contributed by atoms with van der Waals surface area (Å²) in [6.45, 7) is 6.67. The summed E-state index contributed by atoms with van der Waals surface area (Å²) in [6.07, 6.45) is 7.73. The van der Waals surface area contributed by atoms with Crippen LogP contribution in [-0.4, -0.2) is 73.9 Å². The molecule has 0 aromatic carbocycles. The van der Waals surface area contributed by atoms with E-state index in [0.29, 0.717) is 12.5 Å². The Morgan fingerprint density at radius 1 is 1.24 bits per heavy atom. The Balaban J connectivity index is 1.53. The van der Waals surface area contributed by atoms with Crippen LogP contribution < -0.4 is 26.1 Å². The van der Waals surface area contributed by atoms with Crippen LogP contribution in [0.5, 0.6) is 0 Å². The zero-order valence-electron chi connectivity index (χ0n) is 20.3. The number of hydrogen-bond acceptors (Lipinski definition) is 7. The first kappa shape index (κ1) is 22.7. The zero-order valence-corrected chi connectivity index (χ0v) is 20.3. The Hall–Kier alpha value is -3.13. The molecule has 3 aliphatic rings. The molecule has 8 nitrogen and oxygen atoms in total. The van der Waals surface area contributed by atoms with Gasteiger partial charge in [0, 0.05) is 49.3 Å². The van der Waals surface area contributed by atoms with Crippen molar-refractivity contribution in [3.63, 3.8) is 0 Å². The van der Waals surface area contributed by atoms with Crippen molar-refractivity contribution in [3.8, 4) is 11.3 Å². The predicted molar refractivity (Wildman–Crippen MR) is 135 cm³/mol. The van der Waals surface area contributed by atoms with Crippen molar-refractivity contribution in [2.24, 2.45) is 11.8 Å². The van der Waals surface area contributed by atoms with E-state index in [9.17, 15) is 4.79 Å². The largest absolute Gasteiger partial charge is 0.450 e. The van der Waals surface area contributed by atoms with Gasteiger partial charge in [0.15, 0.2) is 0 Å². The van der Waals surface area contributed by atoms with Crippen molar-refractivity contribution in [1.29, 1.82) is 0 Å². The second-order valence-corrected chi connectivity index (χ2v) is 9.56. The van der Waals surface area contributed by atoms with Crippen LogP contribution in [0.3, 0.4) is 0 Å². The van der Waals surface area contributed by atoms with Crippen LogP contribution in [0, 0.1) is 11.8 Å². The summed E-state index contributed by atoms with van der Waals surface area (Å²) in [5.74, 6) is 2.27. The van der Waals surface area contributed by atoms with Crippen molar-refractivity contribution in [2.75, 3.05) is 57.1 Å². The minimum atomic E-state index is -0.392. The molecule has 3 atom stereocenters. The van der Waals surface area contributed by atoms with Crippen LogP contribution in [0.2, 0.25) is 0 Å². The van der Waals surface area contributed by atoms with Crippen LogP contribution in [0.15, 0.2) is 24.4 Å². The van der Waals surface area contributed by atoms with Gasteiger partial charge in [-0.25, -0.2) is 14.8 Å². The van der Waals surface area contributed by atoms with Gasteiger partial charge < -0.3 is 25.2 Å². The fraction of sp³-hybridized carbons (Fsp3) is 0.500. The van der Waals surface area contributed by atoms with Crippen LogP contribution in [0.1, 0.15) is 19.8 Å². The highest BCUT2D eigenvalue weighted by molar-refractivity contribution is 5.71. The summed E-state index contributed by atoms with van der Waals surface area (Å²) >= 11 is 0. The Morgan fingerprint density at radius 2 is 2.09 bits per heavy atom. The number of hydrogen-bond donors (Lipinski definition) is 2. The van der Waals surface area contributed by atoms with Crippen molar-refractivity contribution in [3.05, 3.63) is 35.0 Å². The Morgan fingerprint density at radius 3 is 2.85 bits per heavy atom. The molecule has 2 aliphatic heterocycles. The van der Waals surface area contributed by atoms with Gasteiger partial charge in [0.1, 0.15) is 5.82 Å². The van der Waals surface area contributed by atoms with Gasteiger partial charge in [-0.3, -0.25) is 0 Å². The molecule has 2 fully saturated rings. The highest BCUT2D eigenvalue weighted by Gasteiger charge is 2.36. The summed E-state index contributed by atoms with van der Waals surface area (Å²) in [7, 11) is 4.09. The molecule has 0 saturated carbocycles. The van der Waals surface area contributed by atoms with Gasteiger partial charge >= 0.3 is 6.09 Å². The molecular formula is C26H34N6O2. The molecule has 2 saturated heterocycles. The van der Waals surface area contributed by atoms with Crippen LogP contribution >= 0.6 is 0 Å². The van der Waals surface area contributed by atoms with E-state index >= 15 is 0 Å². The molecule has 1 amide bonds. The Bertz CT molecular complexity index is 1170. The Kier molecular flexibility index (Phi) is 6.41. The number of likely N-dealkylation sites (tertiary alicyclic amines) is 1. The van der Waals surface area contributed by atoms with Gasteiger partial charge in [0.05, 0.1) is 23.7 Å². The van der Waals surface area contributed by atoms with Crippen molar-refractivity contribution in [2.45, 2.75) is 25.8 Å². The summed E-state index contributed by atoms with van der Waals surface area (Å²) < 4.78 is 5.08. The lowest BCUT2D eigenvalue weighted by molar-refractivity contribution is 0.150. The fourth-order valence-electron chi connectivity index (χ4n) is 5.48. The van der Waals surface area contributed by atoms with E-state index in [4.69, 9.17) is 9.72 Å². The third-order valence-electron chi connectivity index (χ3n) is 7.24. The lowest BCUT2D eigenvalue weighted by atomic mass is 9.89. The third kappa shape index (κ3) is 4.59. The van der Waals surface area contributed by atoms with Gasteiger partial charge in [-0.15, -0.1) is 0 Å². The van der Waals surface area contributed by atoms with E-state index in [1.165, 1.54) is 18.7 Å². The standard InChI is InChI=1S/C26H34N6O2/c1-4-34-26(33)29-20-6-7-21-23(11-20)30-22(17-5-8-25(27-2)28-13-17)12-24(21)32-15-18-9-10-31(3)14-19(18)16-32/h5,7-8,11-13,18-20H,4,6,9-10,14-16H2,1-3H3,(H,27,28)(H,29,33). The molecule has 3 unspecified atom stereocenters. The molecule has 0 spiro atoms. The molecule has 4 heterocycles. The number of anilines is 2. The summed E-state index contributed by atoms with van der Waals surface area (Å²) in [6, 6.07) is 6.11. The minimum absolute atomic E-state index is 0.137. The monoisotopic (exact) mass is 462 g/mol. The Labute approximate surface area is 200 Å². The van der Waals surface area contributed by atoms with E-state index in [1.807, 2.05) is 26.2 Å². The number of aromatic nitrogens is 2. The maximum atomic E-state index is 12.0. The number of fused-ring (bicyclic) bond motifs is 2. The van der Waals surface area contributed by atoms with Crippen LogP contribution in [-0.2, 0) is 4.74 Å². The minimum Gasteiger partial charge on any atom is -0.450 e. The number of pyridine rings is 2. The second-order valence-electron chi connectivity index (χ2n) is 9.56. The topological polar surface area (TPSA) is 82.6 Å². The molecule has 180 valence electrons. The average molecular weight is 463 g/mol. The number of nitrogens with one attached hydrogen (secondary N) is 2. The molecule has 0 radical (unpaired) electrons. The quantitative estimate of drug-likeness (QED) is 0.699. The number of carbonyl (C=O) groups excluding carboxylic acids is 1. The summed E-state index contributed by atoms with van der Waals surface area (Å²) in [5, 5.41) is 8.08. The lowest BCUT2D eigenvalue weighted by Crippen LogP contribution is -2.43. The van der Waals surface area contributed by atoms with Gasteiger partial charge in [0.2, 0.25) is 0 Å². The average Bonchev–Trinajstić information content (AvgIpc) is 3.26. The number of nitrogens with zero attached hydrogens (tertiary/aromatic N) is 4. The highest BCUT2D eigenvalue weighted by atomic mass is 16.5. The molecule has 34 heavy (non-hydrogen) atoms. The normalized spacial score (nSPS) is 23.9. The van der Waals surface area contributed by atoms with E-state index in [-0.39, 0.29) is 6.04 Å². The molecule has 5 rings (SSSR count). The second kappa shape index (κ2) is 9.62. The maximum absolute atomic E-state index is 12.0. The maximum Gasteiger partial charge on any atom is 0.407 e. The molecule has 1 aliphatic carbocycles.